The number of nitrogens with zero attached hydrogens (tertiary/aromatic N) is 4. The molecular weight excluding hydrogens is 829 g/mol. The van der Waals surface area contributed by atoms with Crippen LogP contribution in [0.3, 0.4) is 0 Å². The number of hydrogen-bond acceptors (Lipinski definition) is 4. The van der Waals surface area contributed by atoms with Crippen molar-refractivity contribution in [1.82, 2.24) is 19.5 Å². The summed E-state index contributed by atoms with van der Waals surface area (Å²) < 4.78 is 9.41. The van der Waals surface area contributed by atoms with Gasteiger partial charge in [-0.2, -0.15) is 0 Å². The van der Waals surface area contributed by atoms with Crippen LogP contribution in [0.5, 0.6) is 0 Å². The monoisotopic (exact) mass is 868 g/mol. The Kier molecular flexibility index (Phi) is 9.43. The minimum atomic E-state index is 0.565. The summed E-state index contributed by atoms with van der Waals surface area (Å²) in [6.45, 7) is 0. The highest BCUT2D eigenvalue weighted by Gasteiger charge is 2.21. The van der Waals surface area contributed by atoms with Crippen molar-refractivity contribution in [1.29, 1.82) is 0 Å². The fourth-order valence-electron chi connectivity index (χ4n) is 9.70. The second-order valence-electron chi connectivity index (χ2n) is 17.2. The average Bonchev–Trinajstić information content (AvgIpc) is 3.97. The van der Waals surface area contributed by atoms with E-state index < -0.39 is 0 Å². The van der Waals surface area contributed by atoms with Crippen LogP contribution in [-0.4, -0.2) is 19.5 Å². The van der Waals surface area contributed by atoms with Crippen LogP contribution < -0.4 is 0 Å². The molecule has 0 atom stereocenters. The Morgan fingerprint density at radius 2 is 0.691 bits per heavy atom. The van der Waals surface area contributed by atoms with Gasteiger partial charge in [-0.05, 0) is 93.0 Å². The maximum absolute atomic E-state index is 7.06. The first-order chi connectivity index (χ1) is 33.7. The Labute approximate surface area is 392 Å². The molecule has 5 heteroatoms. The van der Waals surface area contributed by atoms with Gasteiger partial charge in [-0.15, -0.1) is 0 Å². The van der Waals surface area contributed by atoms with E-state index in [9.17, 15) is 0 Å². The minimum absolute atomic E-state index is 0.565. The molecule has 0 spiro atoms. The Bertz CT molecular complexity index is 3900. The Morgan fingerprint density at radius 1 is 0.279 bits per heavy atom. The topological polar surface area (TPSA) is 56.7 Å². The lowest BCUT2D eigenvalue weighted by molar-refractivity contribution is 0.671. The van der Waals surface area contributed by atoms with Gasteiger partial charge in [0, 0.05) is 43.9 Å². The van der Waals surface area contributed by atoms with Crippen molar-refractivity contribution in [2.75, 3.05) is 0 Å². The van der Waals surface area contributed by atoms with E-state index in [1.807, 2.05) is 12.1 Å². The van der Waals surface area contributed by atoms with Crippen LogP contribution in [0.1, 0.15) is 0 Å². The number of para-hydroxylation sites is 1. The summed E-state index contributed by atoms with van der Waals surface area (Å²) in [4.78, 5) is 15.5. The van der Waals surface area contributed by atoms with E-state index in [1.165, 1.54) is 16.5 Å². The van der Waals surface area contributed by atoms with Gasteiger partial charge in [-0.3, -0.25) is 0 Å². The maximum atomic E-state index is 7.06. The van der Waals surface area contributed by atoms with Gasteiger partial charge in [0.25, 0.3) is 0 Å². The van der Waals surface area contributed by atoms with Gasteiger partial charge in [0.05, 0.1) is 11.0 Å². The smallest absolute Gasteiger partial charge is 0.164 e. The van der Waals surface area contributed by atoms with E-state index in [2.05, 4.69) is 235 Å². The average molecular weight is 869 g/mol. The van der Waals surface area contributed by atoms with E-state index in [4.69, 9.17) is 19.4 Å². The third kappa shape index (κ3) is 6.93. The second kappa shape index (κ2) is 16.4. The Hall–Kier alpha value is -9.19. The SMILES string of the molecule is c1ccc(-c2ccc(-c3cccc(-n4c5ccccc5c5ccc6c7ccc(-c8nc(-c9cccc(-c%10ccccc%10)c9)nc(-c9cccc(-c%10ccccc%10)c9)n8)cc7oc6c54)c3)cc2)cc1. The van der Waals surface area contributed by atoms with Gasteiger partial charge in [0.15, 0.2) is 23.1 Å². The van der Waals surface area contributed by atoms with Crippen LogP contribution in [0.4, 0.5) is 0 Å². The number of hydrogen-bond donors (Lipinski definition) is 0. The standard InChI is InChI=1S/C63H40N4O/c1-4-15-41(16-5-1)44-29-31-45(32-30-44)48-23-14-26-52(39-48)67-57-28-11-10-27-53(57)55-35-36-56-54-34-33-51(40-58(54)68-60(56)59(55)67)63-65-61(49-24-12-21-46(37-49)42-17-6-2-7-18-42)64-62(66-63)50-25-13-22-47(38-50)43-19-8-3-9-20-43/h1-40H. The lowest BCUT2D eigenvalue weighted by atomic mass is 10.00. The van der Waals surface area contributed by atoms with Gasteiger partial charge >= 0.3 is 0 Å². The molecule has 0 aliphatic carbocycles. The van der Waals surface area contributed by atoms with Gasteiger partial charge < -0.3 is 8.98 Å². The molecule has 0 unspecified atom stereocenters. The van der Waals surface area contributed by atoms with E-state index in [-0.39, 0.29) is 0 Å². The number of rotatable bonds is 8. The highest BCUT2D eigenvalue weighted by atomic mass is 16.3. The van der Waals surface area contributed by atoms with Crippen molar-refractivity contribution in [2.24, 2.45) is 0 Å². The van der Waals surface area contributed by atoms with Crippen molar-refractivity contribution >= 4 is 43.7 Å². The highest BCUT2D eigenvalue weighted by Crippen LogP contribution is 2.42. The fraction of sp³-hybridized carbons (Fsp3) is 0. The van der Waals surface area contributed by atoms with Crippen molar-refractivity contribution < 1.29 is 4.42 Å². The molecule has 0 N–H and O–H groups in total. The summed E-state index contributed by atoms with van der Waals surface area (Å²) in [5.41, 5.74) is 16.6. The molecule has 13 aromatic rings. The zero-order valence-corrected chi connectivity index (χ0v) is 36.8. The molecule has 0 saturated heterocycles. The van der Waals surface area contributed by atoms with Crippen LogP contribution in [0.25, 0.3) is 128 Å². The molecule has 3 heterocycles. The quantitative estimate of drug-likeness (QED) is 0.153. The molecule has 13 rings (SSSR count). The van der Waals surface area contributed by atoms with E-state index in [0.717, 1.165) is 94.1 Å². The first kappa shape index (κ1) is 39.2. The van der Waals surface area contributed by atoms with Gasteiger partial charge in [0.2, 0.25) is 0 Å². The first-order valence-electron chi connectivity index (χ1n) is 22.9. The number of fused-ring (bicyclic) bond motifs is 7. The number of benzene rings is 10. The van der Waals surface area contributed by atoms with Crippen molar-refractivity contribution in [2.45, 2.75) is 0 Å². The lowest BCUT2D eigenvalue weighted by Gasteiger charge is -2.11. The van der Waals surface area contributed by atoms with Crippen LogP contribution in [0, 0.1) is 0 Å². The van der Waals surface area contributed by atoms with Crippen molar-refractivity contribution in [3.63, 3.8) is 0 Å². The molecule has 68 heavy (non-hydrogen) atoms. The van der Waals surface area contributed by atoms with Gasteiger partial charge in [-0.1, -0.05) is 194 Å². The third-order valence-corrected chi connectivity index (χ3v) is 13.1. The molecule has 318 valence electrons. The van der Waals surface area contributed by atoms with E-state index in [1.54, 1.807) is 0 Å². The molecule has 0 radical (unpaired) electrons. The third-order valence-electron chi connectivity index (χ3n) is 13.1. The summed E-state index contributed by atoms with van der Waals surface area (Å²) >= 11 is 0. The largest absolute Gasteiger partial charge is 0.454 e. The van der Waals surface area contributed by atoms with Crippen LogP contribution in [-0.2, 0) is 0 Å². The molecule has 0 bridgehead atoms. The molecule has 0 aliphatic rings. The lowest BCUT2D eigenvalue weighted by Crippen LogP contribution is -2.00. The molecule has 0 saturated carbocycles. The highest BCUT2D eigenvalue weighted by molar-refractivity contribution is 6.21. The zero-order valence-electron chi connectivity index (χ0n) is 36.8. The minimum Gasteiger partial charge on any atom is -0.454 e. The molecular formula is C63H40N4O. The van der Waals surface area contributed by atoms with E-state index in [0.29, 0.717) is 17.5 Å². The Balaban J connectivity index is 0.953. The zero-order chi connectivity index (χ0) is 45.0. The van der Waals surface area contributed by atoms with Crippen molar-refractivity contribution in [3.05, 3.63) is 243 Å². The predicted molar refractivity (Wildman–Crippen MR) is 279 cm³/mol. The first-order valence-corrected chi connectivity index (χ1v) is 22.9. The number of aromatic nitrogens is 4. The maximum Gasteiger partial charge on any atom is 0.164 e. The van der Waals surface area contributed by atoms with Crippen molar-refractivity contribution in [3.8, 4) is 84.4 Å². The van der Waals surface area contributed by atoms with Gasteiger partial charge in [-0.25, -0.2) is 15.0 Å². The van der Waals surface area contributed by atoms with Gasteiger partial charge in [0.1, 0.15) is 5.58 Å². The molecule has 10 aromatic carbocycles. The fourth-order valence-corrected chi connectivity index (χ4v) is 9.70. The summed E-state index contributed by atoms with van der Waals surface area (Å²) in [6, 6.07) is 85.2. The Morgan fingerprint density at radius 3 is 1.29 bits per heavy atom. The molecule has 0 fully saturated rings. The number of furan rings is 1. The molecule has 3 aromatic heterocycles. The normalized spacial score (nSPS) is 11.5. The van der Waals surface area contributed by atoms with E-state index >= 15 is 0 Å². The predicted octanol–water partition coefficient (Wildman–Crippen LogP) is 16.5. The summed E-state index contributed by atoms with van der Waals surface area (Å²) in [6.07, 6.45) is 0. The van der Waals surface area contributed by atoms with Crippen LogP contribution in [0.15, 0.2) is 247 Å². The van der Waals surface area contributed by atoms with Crippen LogP contribution >= 0.6 is 0 Å². The van der Waals surface area contributed by atoms with Crippen LogP contribution in [0.2, 0.25) is 0 Å². The molecule has 0 aliphatic heterocycles. The summed E-state index contributed by atoms with van der Waals surface area (Å²) in [7, 11) is 0. The molecule has 5 nitrogen and oxygen atoms in total. The second-order valence-corrected chi connectivity index (χ2v) is 17.2. The molecule has 0 amide bonds. The summed E-state index contributed by atoms with van der Waals surface area (Å²) in [5, 5.41) is 4.37. The summed E-state index contributed by atoms with van der Waals surface area (Å²) in [5.74, 6) is 1.76.